The van der Waals surface area contributed by atoms with Gasteiger partial charge in [-0.1, -0.05) is 35.9 Å². The van der Waals surface area contributed by atoms with Crippen LogP contribution in [-0.2, 0) is 11.4 Å². The highest BCUT2D eigenvalue weighted by molar-refractivity contribution is 6.33. The summed E-state index contributed by atoms with van der Waals surface area (Å²) in [5.41, 5.74) is 2.21. The van der Waals surface area contributed by atoms with Gasteiger partial charge >= 0.3 is 0 Å². The van der Waals surface area contributed by atoms with E-state index in [4.69, 9.17) is 16.7 Å². The van der Waals surface area contributed by atoms with E-state index >= 15 is 0 Å². The quantitative estimate of drug-likeness (QED) is 0.893. The molecule has 0 heterocycles. The summed E-state index contributed by atoms with van der Waals surface area (Å²) >= 11 is 6.06. The van der Waals surface area contributed by atoms with Crippen LogP contribution in [0.1, 0.15) is 5.56 Å². The molecule has 0 radical (unpaired) electrons. The van der Waals surface area contributed by atoms with Gasteiger partial charge in [0.05, 0.1) is 23.9 Å². The number of aliphatic hydroxyl groups is 1. The third-order valence-corrected chi connectivity index (χ3v) is 3.49. The summed E-state index contributed by atoms with van der Waals surface area (Å²) in [6.45, 7) is 0.0592. The molecule has 2 aromatic rings. The first-order valence-corrected chi connectivity index (χ1v) is 6.94. The topological polar surface area (TPSA) is 52.6 Å². The number of benzene rings is 2. The monoisotopic (exact) mass is 304 g/mol. The van der Waals surface area contributed by atoms with Gasteiger partial charge in [-0.2, -0.15) is 0 Å². The van der Waals surface area contributed by atoms with Crippen LogP contribution in [0.2, 0.25) is 5.02 Å². The number of carbonyl (C=O) groups excluding carboxylic acids is 1. The fourth-order valence-electron chi connectivity index (χ4n) is 1.89. The maximum atomic E-state index is 12.2. The lowest BCUT2D eigenvalue weighted by Crippen LogP contribution is -2.32. The molecule has 4 nitrogen and oxygen atoms in total. The summed E-state index contributed by atoms with van der Waals surface area (Å²) in [4.78, 5) is 13.7. The maximum absolute atomic E-state index is 12.2. The second-order valence-electron chi connectivity index (χ2n) is 4.61. The molecule has 0 aliphatic carbocycles. The summed E-state index contributed by atoms with van der Waals surface area (Å²) in [7, 11) is 1.73. The Balaban J connectivity index is 2.01. The lowest BCUT2D eigenvalue weighted by atomic mass is 10.2. The molecule has 0 saturated heterocycles. The number of para-hydroxylation sites is 1. The number of nitrogens with zero attached hydrogens (tertiary/aromatic N) is 1. The molecule has 5 heteroatoms. The molecule has 21 heavy (non-hydrogen) atoms. The van der Waals surface area contributed by atoms with Crippen LogP contribution in [0.5, 0.6) is 0 Å². The molecule has 0 aromatic heterocycles. The molecular weight excluding hydrogens is 288 g/mol. The van der Waals surface area contributed by atoms with E-state index in [2.05, 4.69) is 5.32 Å². The van der Waals surface area contributed by atoms with E-state index in [1.54, 1.807) is 30.1 Å². The van der Waals surface area contributed by atoms with Crippen LogP contribution in [0.15, 0.2) is 48.5 Å². The minimum Gasteiger partial charge on any atom is -0.392 e. The van der Waals surface area contributed by atoms with Gasteiger partial charge in [0.25, 0.3) is 0 Å². The van der Waals surface area contributed by atoms with Crippen LogP contribution in [0, 0.1) is 0 Å². The molecule has 0 bridgehead atoms. The lowest BCUT2D eigenvalue weighted by Gasteiger charge is -2.18. The average molecular weight is 305 g/mol. The second kappa shape index (κ2) is 7.11. The standard InChI is InChI=1S/C16H17ClN2O2/c1-19(13-5-3-2-4-6-13)16(21)10-18-15-9-12(11-20)7-8-14(15)17/h2-9,18,20H,10-11H2,1H3. The summed E-state index contributed by atoms with van der Waals surface area (Å²) in [5, 5.41) is 12.6. The van der Waals surface area contributed by atoms with Gasteiger partial charge in [0.2, 0.25) is 5.91 Å². The molecular formula is C16H17ClN2O2. The first kappa shape index (κ1) is 15.4. The van der Waals surface area contributed by atoms with Crippen molar-refractivity contribution in [2.75, 3.05) is 23.8 Å². The molecule has 2 N–H and O–H groups in total. The van der Waals surface area contributed by atoms with Crippen LogP contribution in [-0.4, -0.2) is 24.6 Å². The van der Waals surface area contributed by atoms with Crippen LogP contribution in [0.25, 0.3) is 0 Å². The van der Waals surface area contributed by atoms with E-state index in [1.807, 2.05) is 30.3 Å². The zero-order valence-corrected chi connectivity index (χ0v) is 12.5. The van der Waals surface area contributed by atoms with Crippen molar-refractivity contribution in [2.45, 2.75) is 6.61 Å². The normalized spacial score (nSPS) is 10.2. The molecule has 2 rings (SSSR count). The predicted molar refractivity (Wildman–Crippen MR) is 85.7 cm³/mol. The third-order valence-electron chi connectivity index (χ3n) is 3.16. The number of hydrogen-bond acceptors (Lipinski definition) is 3. The van der Waals surface area contributed by atoms with Crippen molar-refractivity contribution in [2.24, 2.45) is 0 Å². The highest BCUT2D eigenvalue weighted by Gasteiger charge is 2.11. The van der Waals surface area contributed by atoms with E-state index in [9.17, 15) is 4.79 Å². The third kappa shape index (κ3) is 3.97. The average Bonchev–Trinajstić information content (AvgIpc) is 2.54. The van der Waals surface area contributed by atoms with Crippen molar-refractivity contribution in [3.8, 4) is 0 Å². The highest BCUT2D eigenvalue weighted by Crippen LogP contribution is 2.23. The van der Waals surface area contributed by atoms with Gasteiger partial charge < -0.3 is 15.3 Å². The Morgan fingerprint density at radius 1 is 1.24 bits per heavy atom. The number of rotatable bonds is 5. The smallest absolute Gasteiger partial charge is 0.246 e. The number of hydrogen-bond donors (Lipinski definition) is 2. The Morgan fingerprint density at radius 3 is 2.62 bits per heavy atom. The van der Waals surface area contributed by atoms with Crippen LogP contribution < -0.4 is 10.2 Å². The summed E-state index contributed by atoms with van der Waals surface area (Å²) in [6.07, 6.45) is 0. The van der Waals surface area contributed by atoms with Gasteiger partial charge in [-0.05, 0) is 29.8 Å². The fraction of sp³-hybridized carbons (Fsp3) is 0.188. The van der Waals surface area contributed by atoms with E-state index in [-0.39, 0.29) is 19.1 Å². The molecule has 0 saturated carbocycles. The minimum atomic E-state index is -0.0772. The van der Waals surface area contributed by atoms with Crippen LogP contribution in [0.3, 0.4) is 0 Å². The number of halogens is 1. The molecule has 0 spiro atoms. The van der Waals surface area contributed by atoms with E-state index in [1.165, 1.54) is 0 Å². The predicted octanol–water partition coefficient (Wildman–Crippen LogP) is 2.91. The summed E-state index contributed by atoms with van der Waals surface area (Å²) in [5.74, 6) is -0.0772. The van der Waals surface area contributed by atoms with Gasteiger partial charge in [0, 0.05) is 12.7 Å². The Kier molecular flexibility index (Phi) is 5.20. The van der Waals surface area contributed by atoms with Crippen LogP contribution >= 0.6 is 11.6 Å². The van der Waals surface area contributed by atoms with E-state index in [0.29, 0.717) is 10.7 Å². The molecule has 0 atom stereocenters. The van der Waals surface area contributed by atoms with Crippen molar-refractivity contribution in [3.05, 3.63) is 59.1 Å². The Bertz CT molecular complexity index is 617. The molecule has 110 valence electrons. The van der Waals surface area contributed by atoms with Crippen molar-refractivity contribution in [1.29, 1.82) is 0 Å². The van der Waals surface area contributed by atoms with Gasteiger partial charge in [-0.25, -0.2) is 0 Å². The number of anilines is 2. The first-order valence-electron chi connectivity index (χ1n) is 6.56. The second-order valence-corrected chi connectivity index (χ2v) is 5.02. The van der Waals surface area contributed by atoms with E-state index in [0.717, 1.165) is 11.3 Å². The number of carbonyl (C=O) groups is 1. The first-order chi connectivity index (χ1) is 10.1. The van der Waals surface area contributed by atoms with Gasteiger partial charge in [-0.15, -0.1) is 0 Å². The van der Waals surface area contributed by atoms with E-state index < -0.39 is 0 Å². The molecule has 0 aliphatic rings. The largest absolute Gasteiger partial charge is 0.392 e. The highest BCUT2D eigenvalue weighted by atomic mass is 35.5. The van der Waals surface area contributed by atoms with Crippen molar-refractivity contribution in [3.63, 3.8) is 0 Å². The van der Waals surface area contributed by atoms with Gasteiger partial charge in [-0.3, -0.25) is 4.79 Å². The number of likely N-dealkylation sites (N-methyl/N-ethyl adjacent to an activating group) is 1. The Hall–Kier alpha value is -2.04. The Morgan fingerprint density at radius 2 is 1.95 bits per heavy atom. The Labute approximate surface area is 129 Å². The SMILES string of the molecule is CN(C(=O)CNc1cc(CO)ccc1Cl)c1ccccc1. The molecule has 0 fully saturated rings. The zero-order valence-electron chi connectivity index (χ0n) is 11.7. The zero-order chi connectivity index (χ0) is 15.2. The van der Waals surface area contributed by atoms with Crippen molar-refractivity contribution in [1.82, 2.24) is 0 Å². The lowest BCUT2D eigenvalue weighted by molar-refractivity contribution is -0.116. The van der Waals surface area contributed by atoms with Crippen molar-refractivity contribution < 1.29 is 9.90 Å². The van der Waals surface area contributed by atoms with Crippen LogP contribution in [0.4, 0.5) is 11.4 Å². The number of amides is 1. The van der Waals surface area contributed by atoms with Gasteiger partial charge in [0.15, 0.2) is 0 Å². The van der Waals surface area contributed by atoms with Crippen molar-refractivity contribution >= 4 is 28.9 Å². The number of nitrogens with one attached hydrogen (secondary N) is 1. The maximum Gasteiger partial charge on any atom is 0.246 e. The molecule has 0 unspecified atom stereocenters. The summed E-state index contributed by atoms with van der Waals surface area (Å²) in [6, 6.07) is 14.6. The van der Waals surface area contributed by atoms with Gasteiger partial charge in [0.1, 0.15) is 0 Å². The summed E-state index contributed by atoms with van der Waals surface area (Å²) < 4.78 is 0. The molecule has 1 amide bonds. The molecule has 2 aromatic carbocycles. The fourth-order valence-corrected chi connectivity index (χ4v) is 2.08. The molecule has 0 aliphatic heterocycles. The number of aliphatic hydroxyl groups excluding tert-OH is 1. The minimum absolute atomic E-state index is 0.0658.